The normalized spacial score (nSPS) is 9.73. The summed E-state index contributed by atoms with van der Waals surface area (Å²) in [5.41, 5.74) is 1.13. The van der Waals surface area contributed by atoms with Crippen molar-refractivity contribution in [3.05, 3.63) is 35.6 Å². The highest BCUT2D eigenvalue weighted by Gasteiger charge is 1.95. The molecule has 0 aliphatic rings. The maximum Gasteiger partial charge on any atom is 0.123 e. The molecule has 0 heterocycles. The van der Waals surface area contributed by atoms with Crippen LogP contribution in [0.2, 0.25) is 0 Å². The van der Waals surface area contributed by atoms with E-state index >= 15 is 0 Å². The highest BCUT2D eigenvalue weighted by Crippen LogP contribution is 2.02. The zero-order chi connectivity index (χ0) is 11.7. The molecule has 1 N–H and O–H groups in total. The van der Waals surface area contributed by atoms with Crippen molar-refractivity contribution in [2.24, 2.45) is 5.92 Å². The molecule has 0 fully saturated rings. The van der Waals surface area contributed by atoms with Crippen LogP contribution in [0.3, 0.4) is 0 Å². The van der Waals surface area contributed by atoms with Gasteiger partial charge in [-0.3, -0.25) is 0 Å². The lowest BCUT2D eigenvalue weighted by Crippen LogP contribution is -2.18. The maximum atomic E-state index is 12.5. The van der Waals surface area contributed by atoms with Crippen molar-refractivity contribution < 1.29 is 4.39 Å². The van der Waals surface area contributed by atoms with Crippen molar-refractivity contribution in [3.63, 3.8) is 0 Å². The molecule has 1 aromatic carbocycles. The van der Waals surface area contributed by atoms with Crippen LogP contribution in [0.1, 0.15) is 19.4 Å². The van der Waals surface area contributed by atoms with E-state index in [9.17, 15) is 4.39 Å². The Balaban J connectivity index is 0.000000921. The first kappa shape index (κ1) is 14.4. The van der Waals surface area contributed by atoms with Gasteiger partial charge in [0.15, 0.2) is 0 Å². The topological polar surface area (TPSA) is 12.0 Å². The van der Waals surface area contributed by atoms with Gasteiger partial charge in [-0.25, -0.2) is 4.39 Å². The highest BCUT2D eigenvalue weighted by molar-refractivity contribution is 6.15. The van der Waals surface area contributed by atoms with E-state index in [1.165, 1.54) is 18.5 Å². The van der Waals surface area contributed by atoms with Crippen LogP contribution in [0.25, 0.3) is 0 Å². The smallest absolute Gasteiger partial charge is 0.123 e. The van der Waals surface area contributed by atoms with Gasteiger partial charge < -0.3 is 5.32 Å². The molecule has 0 saturated heterocycles. The van der Waals surface area contributed by atoms with Gasteiger partial charge in [0, 0.05) is 12.9 Å². The predicted molar refractivity (Wildman–Crippen MR) is 64.7 cm³/mol. The average molecular weight is 232 g/mol. The van der Waals surface area contributed by atoms with E-state index in [4.69, 9.17) is 0 Å². The van der Waals surface area contributed by atoms with Gasteiger partial charge in [0.05, 0.1) is 0 Å². The lowest BCUT2D eigenvalue weighted by molar-refractivity contribution is 0.551. The zero-order valence-electron chi connectivity index (χ0n) is 9.56. The molecule has 0 radical (unpaired) electrons. The SMILES string of the molecule is CC(C)CNCc1ccc(F)cc1.CCl. The zero-order valence-corrected chi connectivity index (χ0v) is 10.3. The van der Waals surface area contributed by atoms with Crippen molar-refractivity contribution >= 4 is 11.6 Å². The minimum atomic E-state index is -0.174. The summed E-state index contributed by atoms with van der Waals surface area (Å²) in [5, 5.41) is 3.30. The Labute approximate surface area is 96.6 Å². The average Bonchev–Trinajstić information content (AvgIpc) is 2.23. The van der Waals surface area contributed by atoms with E-state index in [1.54, 1.807) is 0 Å². The number of halogens is 2. The number of alkyl halides is 1. The molecule has 0 amide bonds. The fraction of sp³-hybridized carbons (Fsp3) is 0.500. The van der Waals surface area contributed by atoms with E-state index in [0.717, 1.165) is 18.7 Å². The van der Waals surface area contributed by atoms with Gasteiger partial charge in [-0.1, -0.05) is 26.0 Å². The fourth-order valence-electron chi connectivity index (χ4n) is 1.11. The first-order valence-electron chi connectivity index (χ1n) is 5.01. The fourth-order valence-corrected chi connectivity index (χ4v) is 1.11. The predicted octanol–water partition coefficient (Wildman–Crippen LogP) is 3.43. The van der Waals surface area contributed by atoms with Crippen LogP contribution in [-0.2, 0) is 6.54 Å². The molecular formula is C12H19ClFN. The minimum absolute atomic E-state index is 0.174. The van der Waals surface area contributed by atoms with Crippen molar-refractivity contribution in [1.82, 2.24) is 5.32 Å². The number of benzene rings is 1. The summed E-state index contributed by atoms with van der Waals surface area (Å²) in [5.74, 6) is 0.480. The molecule has 1 aromatic rings. The number of hydrogen-bond donors (Lipinski definition) is 1. The largest absolute Gasteiger partial charge is 0.312 e. The van der Waals surface area contributed by atoms with E-state index in [0.29, 0.717) is 5.92 Å². The van der Waals surface area contributed by atoms with Crippen LogP contribution in [0.15, 0.2) is 24.3 Å². The van der Waals surface area contributed by atoms with E-state index in [-0.39, 0.29) is 5.82 Å². The summed E-state index contributed by atoms with van der Waals surface area (Å²) in [4.78, 5) is 0. The second-order valence-electron chi connectivity index (χ2n) is 3.65. The first-order valence-corrected chi connectivity index (χ1v) is 5.77. The Hall–Kier alpha value is -0.600. The quantitative estimate of drug-likeness (QED) is 0.783. The van der Waals surface area contributed by atoms with Crippen molar-refractivity contribution in [1.29, 1.82) is 0 Å². The first-order chi connectivity index (χ1) is 7.18. The molecular weight excluding hydrogens is 213 g/mol. The lowest BCUT2D eigenvalue weighted by atomic mass is 10.2. The van der Waals surface area contributed by atoms with Gasteiger partial charge in [-0.15, -0.1) is 11.6 Å². The molecule has 15 heavy (non-hydrogen) atoms. The van der Waals surface area contributed by atoms with E-state index in [2.05, 4.69) is 30.8 Å². The van der Waals surface area contributed by atoms with Gasteiger partial charge in [0.1, 0.15) is 5.82 Å². The van der Waals surface area contributed by atoms with E-state index in [1.807, 2.05) is 12.1 Å². The second kappa shape index (κ2) is 8.69. The second-order valence-corrected chi connectivity index (χ2v) is 3.65. The number of hydrogen-bond acceptors (Lipinski definition) is 1. The molecule has 86 valence electrons. The molecule has 0 unspecified atom stereocenters. The summed E-state index contributed by atoms with van der Waals surface area (Å²) in [6.07, 6.45) is 1.47. The molecule has 0 aromatic heterocycles. The molecule has 1 rings (SSSR count). The van der Waals surface area contributed by atoms with Gasteiger partial charge in [-0.2, -0.15) is 0 Å². The van der Waals surface area contributed by atoms with Gasteiger partial charge in [0.2, 0.25) is 0 Å². The third kappa shape index (κ3) is 7.34. The van der Waals surface area contributed by atoms with Crippen LogP contribution >= 0.6 is 11.6 Å². The van der Waals surface area contributed by atoms with Crippen molar-refractivity contribution in [2.45, 2.75) is 20.4 Å². The standard InChI is InChI=1S/C11H16FN.CH3Cl/c1-9(2)7-13-8-10-3-5-11(12)6-4-10;1-2/h3-6,9,13H,7-8H2,1-2H3;1H3. The number of nitrogens with one attached hydrogen (secondary N) is 1. The third-order valence-electron chi connectivity index (χ3n) is 1.79. The van der Waals surface area contributed by atoms with Gasteiger partial charge >= 0.3 is 0 Å². The van der Waals surface area contributed by atoms with Crippen molar-refractivity contribution in [2.75, 3.05) is 12.9 Å². The van der Waals surface area contributed by atoms with Gasteiger partial charge in [0.25, 0.3) is 0 Å². The summed E-state index contributed by atoms with van der Waals surface area (Å²) >= 11 is 4.64. The lowest BCUT2D eigenvalue weighted by Gasteiger charge is -2.06. The van der Waals surface area contributed by atoms with E-state index < -0.39 is 0 Å². The molecule has 0 aliphatic heterocycles. The molecule has 0 spiro atoms. The molecule has 0 bridgehead atoms. The summed E-state index contributed by atoms with van der Waals surface area (Å²) in [6.45, 7) is 6.14. The molecule has 1 nitrogen and oxygen atoms in total. The van der Waals surface area contributed by atoms with Crippen LogP contribution in [-0.4, -0.2) is 12.9 Å². The Morgan fingerprint density at radius 3 is 2.20 bits per heavy atom. The van der Waals surface area contributed by atoms with Crippen LogP contribution in [0.4, 0.5) is 4.39 Å². The molecule has 3 heteroatoms. The molecule has 0 atom stereocenters. The third-order valence-corrected chi connectivity index (χ3v) is 1.79. The molecule has 0 saturated carbocycles. The van der Waals surface area contributed by atoms with Crippen LogP contribution < -0.4 is 5.32 Å². The summed E-state index contributed by atoms with van der Waals surface area (Å²) < 4.78 is 12.5. The Bertz CT molecular complexity index is 246. The highest BCUT2D eigenvalue weighted by atomic mass is 35.5. The number of rotatable bonds is 4. The monoisotopic (exact) mass is 231 g/mol. The van der Waals surface area contributed by atoms with Crippen LogP contribution in [0, 0.1) is 11.7 Å². The molecule has 0 aliphatic carbocycles. The minimum Gasteiger partial charge on any atom is -0.312 e. The Morgan fingerprint density at radius 2 is 1.73 bits per heavy atom. The maximum absolute atomic E-state index is 12.5. The van der Waals surface area contributed by atoms with Crippen LogP contribution in [0.5, 0.6) is 0 Å². The Kier molecular flexibility index (Phi) is 8.34. The summed E-state index contributed by atoms with van der Waals surface area (Å²) in [6, 6.07) is 6.60. The van der Waals surface area contributed by atoms with Crippen molar-refractivity contribution in [3.8, 4) is 0 Å². The Morgan fingerprint density at radius 1 is 1.20 bits per heavy atom. The van der Waals surface area contributed by atoms with Gasteiger partial charge in [-0.05, 0) is 30.2 Å². The summed E-state index contributed by atoms with van der Waals surface area (Å²) in [7, 11) is 0.